The molecular formula is C26H26N2O3. The molecule has 0 saturated carbocycles. The molecule has 4 rings (SSSR count). The number of ether oxygens (including phenoxy) is 1. The zero-order valence-electron chi connectivity index (χ0n) is 17.3. The third kappa shape index (κ3) is 5.51. The van der Waals surface area contributed by atoms with Crippen molar-refractivity contribution in [3.8, 4) is 5.75 Å². The molecule has 5 nitrogen and oxygen atoms in total. The summed E-state index contributed by atoms with van der Waals surface area (Å²) >= 11 is 0. The first kappa shape index (κ1) is 20.7. The van der Waals surface area contributed by atoms with Crippen LogP contribution in [0, 0.1) is 5.92 Å². The number of amides is 2. The molecule has 0 aliphatic carbocycles. The van der Waals surface area contributed by atoms with E-state index in [2.05, 4.69) is 22.8 Å². The number of anilines is 1. The van der Waals surface area contributed by atoms with Crippen molar-refractivity contribution in [2.45, 2.75) is 19.3 Å². The molecule has 0 unspecified atom stereocenters. The Morgan fingerprint density at radius 1 is 0.935 bits per heavy atom. The SMILES string of the molecule is O=C(Nc1ccc2c(c1)C[C@@H](C(=O)NCCCc1ccccc1)CO2)c1ccccc1. The van der Waals surface area contributed by atoms with Crippen LogP contribution in [0.3, 0.4) is 0 Å². The lowest BCUT2D eigenvalue weighted by molar-refractivity contribution is -0.126. The van der Waals surface area contributed by atoms with Gasteiger partial charge >= 0.3 is 0 Å². The Kier molecular flexibility index (Phi) is 6.62. The van der Waals surface area contributed by atoms with E-state index in [0.29, 0.717) is 30.8 Å². The lowest BCUT2D eigenvalue weighted by Crippen LogP contribution is -2.37. The number of fused-ring (bicyclic) bond motifs is 1. The minimum atomic E-state index is -0.232. The van der Waals surface area contributed by atoms with E-state index >= 15 is 0 Å². The van der Waals surface area contributed by atoms with Gasteiger partial charge in [-0.05, 0) is 60.7 Å². The Balaban J connectivity index is 1.30. The van der Waals surface area contributed by atoms with Gasteiger partial charge in [0.05, 0.1) is 5.92 Å². The third-order valence-corrected chi connectivity index (χ3v) is 5.42. The molecule has 0 fully saturated rings. The molecule has 1 aliphatic rings. The van der Waals surface area contributed by atoms with Crippen molar-refractivity contribution >= 4 is 17.5 Å². The predicted molar refractivity (Wildman–Crippen MR) is 121 cm³/mol. The molecule has 0 saturated heterocycles. The quantitative estimate of drug-likeness (QED) is 0.569. The first-order chi connectivity index (χ1) is 15.2. The molecule has 1 aliphatic heterocycles. The van der Waals surface area contributed by atoms with Crippen molar-refractivity contribution in [2.24, 2.45) is 5.92 Å². The number of nitrogens with one attached hydrogen (secondary N) is 2. The van der Waals surface area contributed by atoms with Crippen LogP contribution in [-0.2, 0) is 17.6 Å². The van der Waals surface area contributed by atoms with Crippen LogP contribution in [0.15, 0.2) is 78.9 Å². The van der Waals surface area contributed by atoms with E-state index in [1.807, 2.05) is 54.6 Å². The summed E-state index contributed by atoms with van der Waals surface area (Å²) < 4.78 is 5.80. The van der Waals surface area contributed by atoms with Crippen molar-refractivity contribution in [1.82, 2.24) is 5.32 Å². The van der Waals surface area contributed by atoms with Crippen molar-refractivity contribution in [3.05, 3.63) is 95.6 Å². The van der Waals surface area contributed by atoms with E-state index in [1.165, 1.54) is 5.56 Å². The average molecular weight is 415 g/mol. The lowest BCUT2D eigenvalue weighted by Gasteiger charge is -2.25. The summed E-state index contributed by atoms with van der Waals surface area (Å²) in [5, 5.41) is 5.95. The monoisotopic (exact) mass is 414 g/mol. The molecule has 1 atom stereocenters. The Hall–Kier alpha value is -3.60. The second-order valence-electron chi connectivity index (χ2n) is 7.73. The van der Waals surface area contributed by atoms with E-state index in [-0.39, 0.29) is 17.7 Å². The van der Waals surface area contributed by atoms with Crippen LogP contribution >= 0.6 is 0 Å². The minimum Gasteiger partial charge on any atom is -0.492 e. The van der Waals surface area contributed by atoms with E-state index in [4.69, 9.17) is 4.74 Å². The summed E-state index contributed by atoms with van der Waals surface area (Å²) in [7, 11) is 0. The largest absolute Gasteiger partial charge is 0.492 e. The summed E-state index contributed by atoms with van der Waals surface area (Å²) in [6, 6.07) is 24.9. The van der Waals surface area contributed by atoms with E-state index < -0.39 is 0 Å². The fourth-order valence-electron chi connectivity index (χ4n) is 3.73. The van der Waals surface area contributed by atoms with Gasteiger partial charge in [0.1, 0.15) is 12.4 Å². The highest BCUT2D eigenvalue weighted by Crippen LogP contribution is 2.30. The summed E-state index contributed by atoms with van der Waals surface area (Å²) in [4.78, 5) is 25.0. The van der Waals surface area contributed by atoms with E-state index in [1.54, 1.807) is 12.1 Å². The maximum atomic E-state index is 12.6. The molecule has 31 heavy (non-hydrogen) atoms. The van der Waals surface area contributed by atoms with Crippen molar-refractivity contribution < 1.29 is 14.3 Å². The molecule has 3 aromatic rings. The summed E-state index contributed by atoms with van der Waals surface area (Å²) in [5.41, 5.74) is 3.50. The van der Waals surface area contributed by atoms with Crippen molar-refractivity contribution in [1.29, 1.82) is 0 Å². The number of carbonyl (C=O) groups is 2. The molecule has 1 heterocycles. The Morgan fingerprint density at radius 3 is 2.45 bits per heavy atom. The van der Waals surface area contributed by atoms with Gasteiger partial charge in [0, 0.05) is 17.8 Å². The van der Waals surface area contributed by atoms with Crippen LogP contribution in [0.1, 0.15) is 27.9 Å². The fraction of sp³-hybridized carbons (Fsp3) is 0.231. The highest BCUT2D eigenvalue weighted by molar-refractivity contribution is 6.04. The molecule has 0 bridgehead atoms. The minimum absolute atomic E-state index is 0.0115. The highest BCUT2D eigenvalue weighted by Gasteiger charge is 2.26. The van der Waals surface area contributed by atoms with Gasteiger partial charge in [0.15, 0.2) is 0 Å². The van der Waals surface area contributed by atoms with Gasteiger partial charge in [-0.1, -0.05) is 48.5 Å². The lowest BCUT2D eigenvalue weighted by atomic mass is 9.95. The molecule has 5 heteroatoms. The summed E-state index contributed by atoms with van der Waals surface area (Å²) in [5.74, 6) is 0.387. The maximum absolute atomic E-state index is 12.6. The standard InChI is InChI=1S/C26H26N2O3/c29-25(27-15-7-10-19-8-3-1-4-9-19)22-16-21-17-23(13-14-24(21)31-18-22)28-26(30)20-11-5-2-6-12-20/h1-6,8-9,11-14,17,22H,7,10,15-16,18H2,(H,27,29)(H,28,30)/t22-/m1/s1. The van der Waals surface area contributed by atoms with Gasteiger partial charge in [0.25, 0.3) is 5.91 Å². The summed E-state index contributed by atoms with van der Waals surface area (Å²) in [6.07, 6.45) is 2.43. The molecule has 158 valence electrons. The van der Waals surface area contributed by atoms with Crippen molar-refractivity contribution in [2.75, 3.05) is 18.5 Å². The van der Waals surface area contributed by atoms with Crippen LogP contribution in [0.4, 0.5) is 5.69 Å². The molecule has 2 N–H and O–H groups in total. The number of hydrogen-bond donors (Lipinski definition) is 2. The smallest absolute Gasteiger partial charge is 0.255 e. The van der Waals surface area contributed by atoms with Gasteiger partial charge in [-0.25, -0.2) is 0 Å². The first-order valence-electron chi connectivity index (χ1n) is 10.6. The van der Waals surface area contributed by atoms with Gasteiger partial charge in [-0.3, -0.25) is 9.59 Å². The first-order valence-corrected chi connectivity index (χ1v) is 10.6. The Morgan fingerprint density at radius 2 is 1.68 bits per heavy atom. The number of benzene rings is 3. The van der Waals surface area contributed by atoms with Crippen LogP contribution < -0.4 is 15.4 Å². The summed E-state index contributed by atoms with van der Waals surface area (Å²) in [6.45, 7) is 1.01. The highest BCUT2D eigenvalue weighted by atomic mass is 16.5. The van der Waals surface area contributed by atoms with Gasteiger partial charge in [-0.2, -0.15) is 0 Å². The van der Waals surface area contributed by atoms with E-state index in [0.717, 1.165) is 24.2 Å². The number of rotatable bonds is 7. The second-order valence-corrected chi connectivity index (χ2v) is 7.73. The normalized spacial score (nSPS) is 14.8. The molecule has 2 amide bonds. The second kappa shape index (κ2) is 9.94. The van der Waals surface area contributed by atoms with Gasteiger partial charge < -0.3 is 15.4 Å². The zero-order chi connectivity index (χ0) is 21.5. The van der Waals surface area contributed by atoms with Gasteiger partial charge in [-0.15, -0.1) is 0 Å². The third-order valence-electron chi connectivity index (χ3n) is 5.42. The fourth-order valence-corrected chi connectivity index (χ4v) is 3.73. The van der Waals surface area contributed by atoms with Crippen LogP contribution in [-0.4, -0.2) is 25.0 Å². The van der Waals surface area contributed by atoms with Crippen LogP contribution in [0.2, 0.25) is 0 Å². The molecule has 0 radical (unpaired) electrons. The predicted octanol–water partition coefficient (Wildman–Crippen LogP) is 4.24. The molecule has 3 aromatic carbocycles. The average Bonchev–Trinajstić information content (AvgIpc) is 2.82. The topological polar surface area (TPSA) is 67.4 Å². The Labute approximate surface area is 182 Å². The molecule has 0 aromatic heterocycles. The molecule has 0 spiro atoms. The molecular weight excluding hydrogens is 388 g/mol. The van der Waals surface area contributed by atoms with Crippen LogP contribution in [0.25, 0.3) is 0 Å². The van der Waals surface area contributed by atoms with Crippen LogP contribution in [0.5, 0.6) is 5.75 Å². The maximum Gasteiger partial charge on any atom is 0.255 e. The van der Waals surface area contributed by atoms with Gasteiger partial charge in [0.2, 0.25) is 5.91 Å². The number of aryl methyl sites for hydroxylation is 1. The van der Waals surface area contributed by atoms with E-state index in [9.17, 15) is 9.59 Å². The van der Waals surface area contributed by atoms with Crippen molar-refractivity contribution in [3.63, 3.8) is 0 Å². The number of carbonyl (C=O) groups excluding carboxylic acids is 2. The zero-order valence-corrected chi connectivity index (χ0v) is 17.3. The number of hydrogen-bond acceptors (Lipinski definition) is 3. The Bertz CT molecular complexity index is 1040.